The Kier molecular flexibility index (Phi) is 5.67. The number of carbonyl (C=O) groups excluding carboxylic acids is 1. The van der Waals surface area contributed by atoms with E-state index in [0.29, 0.717) is 5.56 Å². The number of amides is 1. The summed E-state index contributed by atoms with van der Waals surface area (Å²) in [7, 11) is -1.19. The number of hydrogen-bond acceptors (Lipinski definition) is 4. The van der Waals surface area contributed by atoms with Gasteiger partial charge in [-0.1, -0.05) is 17.5 Å². The van der Waals surface area contributed by atoms with Gasteiger partial charge in [0.2, 0.25) is 0 Å². The molecule has 0 spiro atoms. The van der Waals surface area contributed by atoms with Crippen molar-refractivity contribution in [3.05, 3.63) is 29.8 Å². The van der Waals surface area contributed by atoms with Crippen molar-refractivity contribution in [1.29, 1.82) is 0 Å². The summed E-state index contributed by atoms with van der Waals surface area (Å²) in [6.45, 7) is 3.84. The van der Waals surface area contributed by atoms with E-state index >= 15 is 0 Å². The molecule has 0 saturated heterocycles. The van der Waals surface area contributed by atoms with Crippen LogP contribution in [0, 0.1) is 0 Å². The average Bonchev–Trinajstić information content (AvgIpc) is 2.46. The van der Waals surface area contributed by atoms with Crippen LogP contribution in [-0.2, 0) is 14.9 Å². The van der Waals surface area contributed by atoms with E-state index < -0.39 is 10.0 Å². The second-order valence-corrected chi connectivity index (χ2v) is 6.34. The van der Waals surface area contributed by atoms with Crippen LogP contribution < -0.4 is 5.32 Å². The minimum Gasteiger partial charge on any atom is -0.350 e. The molecule has 0 aliphatic rings. The summed E-state index contributed by atoms with van der Waals surface area (Å²) in [5.41, 5.74) is 0.302. The fraction of sp³-hybridized carbons (Fsp3) is 0.462. The van der Waals surface area contributed by atoms with Crippen molar-refractivity contribution in [1.82, 2.24) is 9.79 Å². The van der Waals surface area contributed by atoms with Crippen LogP contribution in [0.5, 0.6) is 0 Å². The van der Waals surface area contributed by atoms with E-state index in [1.807, 2.05) is 13.8 Å². The van der Waals surface area contributed by atoms with Crippen LogP contribution in [0.2, 0.25) is 0 Å². The maximum atomic E-state index is 12.1. The minimum atomic E-state index is -3.75. The molecule has 0 saturated carbocycles. The van der Waals surface area contributed by atoms with Crippen molar-refractivity contribution in [3.63, 3.8) is 0 Å². The molecular weight excluding hydrogens is 280 g/mol. The van der Waals surface area contributed by atoms with Crippen LogP contribution in [0.25, 0.3) is 0 Å². The van der Waals surface area contributed by atoms with E-state index in [2.05, 4.69) is 5.32 Å². The van der Waals surface area contributed by atoms with Gasteiger partial charge >= 0.3 is 0 Å². The molecule has 1 aromatic carbocycles. The third-order valence-electron chi connectivity index (χ3n) is 2.98. The molecule has 0 heterocycles. The van der Waals surface area contributed by atoms with Gasteiger partial charge in [-0.05, 0) is 31.5 Å². The summed E-state index contributed by atoms with van der Waals surface area (Å²) in [6.07, 6.45) is 0.802. The number of hydroxylamine groups is 1. The smallest absolute Gasteiger partial charge is 0.264 e. The van der Waals surface area contributed by atoms with Crippen molar-refractivity contribution in [3.8, 4) is 0 Å². The zero-order valence-corrected chi connectivity index (χ0v) is 12.9. The summed E-state index contributed by atoms with van der Waals surface area (Å²) >= 11 is 0. The van der Waals surface area contributed by atoms with Gasteiger partial charge in [-0.3, -0.25) is 9.63 Å². The van der Waals surface area contributed by atoms with Crippen LogP contribution in [0.15, 0.2) is 29.2 Å². The molecule has 1 rings (SSSR count). The van der Waals surface area contributed by atoms with E-state index in [4.69, 9.17) is 4.84 Å². The van der Waals surface area contributed by atoms with Crippen molar-refractivity contribution >= 4 is 15.9 Å². The zero-order valence-electron chi connectivity index (χ0n) is 12.1. The Morgan fingerprint density at radius 1 is 1.45 bits per heavy atom. The molecule has 112 valence electrons. The number of rotatable bonds is 6. The molecule has 1 aromatic rings. The highest BCUT2D eigenvalue weighted by atomic mass is 32.2. The maximum absolute atomic E-state index is 12.1. The van der Waals surface area contributed by atoms with E-state index in [9.17, 15) is 13.2 Å². The highest BCUT2D eigenvalue weighted by molar-refractivity contribution is 7.89. The summed E-state index contributed by atoms with van der Waals surface area (Å²) in [4.78, 5) is 16.7. The van der Waals surface area contributed by atoms with E-state index in [1.54, 1.807) is 6.07 Å². The fourth-order valence-electron chi connectivity index (χ4n) is 1.45. The van der Waals surface area contributed by atoms with Gasteiger partial charge < -0.3 is 5.32 Å². The van der Waals surface area contributed by atoms with Gasteiger partial charge in [0.25, 0.3) is 15.9 Å². The third kappa shape index (κ3) is 3.78. The number of carbonyl (C=O) groups is 1. The number of nitrogens with zero attached hydrogens (tertiary/aromatic N) is 1. The lowest BCUT2D eigenvalue weighted by molar-refractivity contribution is -0.0258. The standard InChI is InChI=1S/C13H20N2O4S/c1-5-10(2)14-13(16)11-7-6-8-12(9-11)20(17,18)15(3)19-4/h6-10H,5H2,1-4H3,(H,14,16). The molecule has 0 aromatic heterocycles. The van der Waals surface area contributed by atoms with Crippen molar-refractivity contribution in [2.45, 2.75) is 31.2 Å². The number of hydrogen-bond donors (Lipinski definition) is 1. The van der Waals surface area contributed by atoms with Gasteiger partial charge in [0.1, 0.15) is 0 Å². The molecular formula is C13H20N2O4S. The van der Waals surface area contributed by atoms with Gasteiger partial charge in [-0.2, -0.15) is 0 Å². The Morgan fingerprint density at radius 3 is 2.65 bits per heavy atom. The normalized spacial score (nSPS) is 13.2. The van der Waals surface area contributed by atoms with Crippen molar-refractivity contribution in [2.24, 2.45) is 0 Å². The second-order valence-electron chi connectivity index (χ2n) is 4.41. The van der Waals surface area contributed by atoms with E-state index in [-0.39, 0.29) is 16.8 Å². The van der Waals surface area contributed by atoms with Gasteiger partial charge in [0, 0.05) is 18.7 Å². The van der Waals surface area contributed by atoms with Crippen LogP contribution in [0.4, 0.5) is 0 Å². The first kappa shape index (κ1) is 16.6. The van der Waals surface area contributed by atoms with Crippen LogP contribution in [0.1, 0.15) is 30.6 Å². The Balaban J connectivity index is 3.05. The van der Waals surface area contributed by atoms with Crippen LogP contribution in [-0.4, -0.2) is 39.0 Å². The first-order chi connectivity index (χ1) is 9.32. The molecule has 6 nitrogen and oxygen atoms in total. The predicted molar refractivity (Wildman–Crippen MR) is 75.6 cm³/mol. The lowest BCUT2D eigenvalue weighted by Crippen LogP contribution is -2.32. The summed E-state index contributed by atoms with van der Waals surface area (Å²) in [5, 5.41) is 2.79. The Labute approximate surface area is 119 Å². The quantitative estimate of drug-likeness (QED) is 0.806. The van der Waals surface area contributed by atoms with Gasteiger partial charge in [-0.15, -0.1) is 0 Å². The molecule has 0 fully saturated rings. The molecule has 0 radical (unpaired) electrons. The minimum absolute atomic E-state index is 0.0126. The molecule has 1 unspecified atom stereocenters. The van der Waals surface area contributed by atoms with Gasteiger partial charge in [-0.25, -0.2) is 8.42 Å². The molecule has 1 N–H and O–H groups in total. The van der Waals surface area contributed by atoms with E-state index in [1.165, 1.54) is 32.4 Å². The molecule has 0 aliphatic heterocycles. The summed E-state index contributed by atoms with van der Waals surface area (Å²) in [6, 6.07) is 5.89. The van der Waals surface area contributed by atoms with Gasteiger partial charge in [0.05, 0.1) is 12.0 Å². The molecule has 1 amide bonds. The van der Waals surface area contributed by atoms with Crippen molar-refractivity contribution < 1.29 is 18.0 Å². The molecule has 1 atom stereocenters. The Bertz CT molecular complexity index is 571. The summed E-state index contributed by atoms with van der Waals surface area (Å²) < 4.78 is 24.9. The van der Waals surface area contributed by atoms with Crippen LogP contribution in [0.3, 0.4) is 0 Å². The lowest BCUT2D eigenvalue weighted by Gasteiger charge is -2.15. The maximum Gasteiger partial charge on any atom is 0.264 e. The SMILES string of the molecule is CCC(C)NC(=O)c1cccc(S(=O)(=O)N(C)OC)c1. The lowest BCUT2D eigenvalue weighted by atomic mass is 10.2. The second kappa shape index (κ2) is 6.83. The first-order valence-corrected chi connectivity index (χ1v) is 7.71. The monoisotopic (exact) mass is 300 g/mol. The van der Waals surface area contributed by atoms with E-state index in [0.717, 1.165) is 10.9 Å². The van der Waals surface area contributed by atoms with Crippen LogP contribution >= 0.6 is 0 Å². The van der Waals surface area contributed by atoms with Crippen molar-refractivity contribution in [2.75, 3.05) is 14.2 Å². The number of sulfonamides is 1. The van der Waals surface area contributed by atoms with Gasteiger partial charge in [0.15, 0.2) is 0 Å². The predicted octanol–water partition coefficient (Wildman–Crippen LogP) is 1.40. The first-order valence-electron chi connectivity index (χ1n) is 6.26. The number of benzene rings is 1. The molecule has 20 heavy (non-hydrogen) atoms. The topological polar surface area (TPSA) is 75.7 Å². The number of nitrogens with one attached hydrogen (secondary N) is 1. The largest absolute Gasteiger partial charge is 0.350 e. The molecule has 7 heteroatoms. The highest BCUT2D eigenvalue weighted by Crippen LogP contribution is 2.16. The third-order valence-corrected chi connectivity index (χ3v) is 4.66. The molecule has 0 bridgehead atoms. The fourth-order valence-corrected chi connectivity index (χ4v) is 2.47. The Hall–Kier alpha value is -1.44. The molecule has 0 aliphatic carbocycles. The summed E-state index contributed by atoms with van der Waals surface area (Å²) in [5.74, 6) is -0.295. The Morgan fingerprint density at radius 2 is 2.10 bits per heavy atom. The zero-order chi connectivity index (χ0) is 15.3. The average molecular weight is 300 g/mol. The highest BCUT2D eigenvalue weighted by Gasteiger charge is 2.22.